The first kappa shape index (κ1) is 18.4. The van der Waals surface area contributed by atoms with Crippen molar-refractivity contribution in [3.63, 3.8) is 0 Å². The highest BCUT2D eigenvalue weighted by atomic mass is 32.2. The topological polar surface area (TPSA) is 89.5 Å². The van der Waals surface area contributed by atoms with Gasteiger partial charge in [0.25, 0.3) is 0 Å². The third-order valence-electron chi connectivity index (χ3n) is 3.99. The molecule has 1 unspecified atom stereocenters. The van der Waals surface area contributed by atoms with Gasteiger partial charge in [0.05, 0.1) is 16.4 Å². The first-order valence-electron chi connectivity index (χ1n) is 7.39. The van der Waals surface area contributed by atoms with Gasteiger partial charge in [0, 0.05) is 19.4 Å². The summed E-state index contributed by atoms with van der Waals surface area (Å²) in [6.45, 7) is 3.50. The second kappa shape index (κ2) is 6.51. The number of ether oxygens (including phenoxy) is 1. The van der Waals surface area contributed by atoms with Crippen LogP contribution in [0.4, 0.5) is 0 Å². The first-order valence-corrected chi connectivity index (χ1v) is 10.8. The largest absolute Gasteiger partial charge is 0.383 e. The predicted octanol–water partition coefficient (Wildman–Crippen LogP) is 1.41. The van der Waals surface area contributed by atoms with Crippen molar-refractivity contribution in [3.05, 3.63) is 23.3 Å². The van der Waals surface area contributed by atoms with Gasteiger partial charge in [-0.25, -0.2) is 21.6 Å². The van der Waals surface area contributed by atoms with Crippen molar-refractivity contribution in [2.45, 2.75) is 42.5 Å². The van der Waals surface area contributed by atoms with E-state index in [9.17, 15) is 16.8 Å². The Labute approximate surface area is 138 Å². The summed E-state index contributed by atoms with van der Waals surface area (Å²) in [4.78, 5) is 0.0623. The molecule has 1 N–H and O–H groups in total. The Hall–Kier alpha value is -0.960. The van der Waals surface area contributed by atoms with Crippen molar-refractivity contribution in [1.82, 2.24) is 4.72 Å². The molecule has 0 aliphatic heterocycles. The highest BCUT2D eigenvalue weighted by molar-refractivity contribution is 7.91. The van der Waals surface area contributed by atoms with Crippen molar-refractivity contribution in [3.8, 4) is 0 Å². The zero-order valence-electron chi connectivity index (χ0n) is 13.8. The third kappa shape index (κ3) is 4.32. The summed E-state index contributed by atoms with van der Waals surface area (Å²) < 4.78 is 57.0. The van der Waals surface area contributed by atoms with E-state index >= 15 is 0 Å². The van der Waals surface area contributed by atoms with E-state index in [4.69, 9.17) is 4.74 Å². The number of rotatable bonds is 7. The Morgan fingerprint density at radius 3 is 2.22 bits per heavy atom. The molecule has 1 aliphatic carbocycles. The highest BCUT2D eigenvalue weighted by Crippen LogP contribution is 2.34. The van der Waals surface area contributed by atoms with Crippen molar-refractivity contribution < 1.29 is 21.6 Å². The van der Waals surface area contributed by atoms with Crippen LogP contribution in [0, 0.1) is 19.8 Å². The molecule has 0 saturated heterocycles. The standard InChI is InChI=1S/C15H23NO5S2/c1-10-7-14(22(4,17)18)11(2)15(8-10)23(19,20)16-13(9-21-3)12-5-6-12/h7-8,12-13,16H,5-6,9H2,1-4H3. The van der Waals surface area contributed by atoms with E-state index < -0.39 is 19.9 Å². The lowest BCUT2D eigenvalue weighted by Crippen LogP contribution is -2.40. The molecule has 1 aromatic carbocycles. The van der Waals surface area contributed by atoms with Gasteiger partial charge in [-0.15, -0.1) is 0 Å². The van der Waals surface area contributed by atoms with Crippen LogP contribution in [0.1, 0.15) is 24.0 Å². The summed E-state index contributed by atoms with van der Waals surface area (Å²) in [5, 5.41) is 0. The number of methoxy groups -OCH3 is 1. The lowest BCUT2D eigenvalue weighted by molar-refractivity contribution is 0.167. The lowest BCUT2D eigenvalue weighted by Gasteiger charge is -2.19. The normalized spacial score (nSPS) is 17.2. The van der Waals surface area contributed by atoms with Crippen LogP contribution in [-0.2, 0) is 24.6 Å². The maximum atomic E-state index is 12.7. The molecule has 0 radical (unpaired) electrons. The fourth-order valence-corrected chi connectivity index (χ4v) is 5.44. The van der Waals surface area contributed by atoms with E-state index in [2.05, 4.69) is 4.72 Å². The summed E-state index contributed by atoms with van der Waals surface area (Å²) >= 11 is 0. The molecule has 0 aromatic heterocycles. The molecule has 1 atom stereocenters. The quantitative estimate of drug-likeness (QED) is 0.793. The number of hydrogen-bond donors (Lipinski definition) is 1. The number of sulfone groups is 1. The van der Waals surface area contributed by atoms with Gasteiger partial charge in [-0.3, -0.25) is 0 Å². The molecule has 1 aromatic rings. The van der Waals surface area contributed by atoms with Gasteiger partial charge >= 0.3 is 0 Å². The molecule has 0 amide bonds. The Bertz CT molecular complexity index is 795. The fourth-order valence-electron chi connectivity index (χ4n) is 2.66. The minimum Gasteiger partial charge on any atom is -0.383 e. The van der Waals surface area contributed by atoms with Crippen LogP contribution in [0.2, 0.25) is 0 Å². The van der Waals surface area contributed by atoms with Crippen LogP contribution in [-0.4, -0.2) is 42.8 Å². The van der Waals surface area contributed by atoms with Gasteiger partial charge in [-0.2, -0.15) is 0 Å². The Balaban J connectivity index is 2.45. The summed E-state index contributed by atoms with van der Waals surface area (Å²) in [7, 11) is -5.78. The highest BCUT2D eigenvalue weighted by Gasteiger charge is 2.35. The van der Waals surface area contributed by atoms with Crippen LogP contribution in [0.3, 0.4) is 0 Å². The maximum absolute atomic E-state index is 12.7. The third-order valence-corrected chi connectivity index (χ3v) is 6.83. The number of aryl methyl sites for hydroxylation is 1. The minimum absolute atomic E-state index is 0.0136. The number of nitrogens with one attached hydrogen (secondary N) is 1. The van der Waals surface area contributed by atoms with Crippen LogP contribution in [0.15, 0.2) is 21.9 Å². The van der Waals surface area contributed by atoms with Crippen molar-refractivity contribution in [1.29, 1.82) is 0 Å². The van der Waals surface area contributed by atoms with Crippen LogP contribution < -0.4 is 4.72 Å². The fraction of sp³-hybridized carbons (Fsp3) is 0.600. The summed E-state index contributed by atoms with van der Waals surface area (Å²) in [6.07, 6.45) is 3.02. The van der Waals surface area contributed by atoms with Crippen molar-refractivity contribution in [2.75, 3.05) is 20.0 Å². The molecule has 0 bridgehead atoms. The second-order valence-corrected chi connectivity index (χ2v) is 9.85. The number of hydrogen-bond acceptors (Lipinski definition) is 5. The van der Waals surface area contributed by atoms with Gasteiger partial charge in [0.15, 0.2) is 9.84 Å². The average molecular weight is 361 g/mol. The smallest absolute Gasteiger partial charge is 0.241 e. The molecular formula is C15H23NO5S2. The van der Waals surface area contributed by atoms with E-state index in [1.165, 1.54) is 26.2 Å². The maximum Gasteiger partial charge on any atom is 0.241 e. The molecule has 23 heavy (non-hydrogen) atoms. The van der Waals surface area contributed by atoms with E-state index in [0.717, 1.165) is 19.1 Å². The molecule has 1 aliphatic rings. The summed E-state index contributed by atoms with van der Waals surface area (Å²) in [5.74, 6) is 0.282. The molecular weight excluding hydrogens is 338 g/mol. The summed E-state index contributed by atoms with van der Waals surface area (Å²) in [5.41, 5.74) is 0.837. The molecule has 130 valence electrons. The van der Waals surface area contributed by atoms with Gasteiger partial charge in [0.1, 0.15) is 0 Å². The van der Waals surface area contributed by atoms with Crippen LogP contribution in [0.25, 0.3) is 0 Å². The zero-order valence-corrected chi connectivity index (χ0v) is 15.4. The predicted molar refractivity (Wildman–Crippen MR) is 87.7 cm³/mol. The van der Waals surface area contributed by atoms with E-state index in [1.54, 1.807) is 6.92 Å². The molecule has 1 fully saturated rings. The molecule has 0 heterocycles. The SMILES string of the molecule is COCC(NS(=O)(=O)c1cc(C)cc(S(C)(=O)=O)c1C)C1CC1. The van der Waals surface area contributed by atoms with Gasteiger partial charge < -0.3 is 4.74 Å². The molecule has 6 nitrogen and oxygen atoms in total. The zero-order chi connectivity index (χ0) is 17.4. The Morgan fingerprint density at radius 2 is 1.74 bits per heavy atom. The minimum atomic E-state index is -3.82. The number of sulfonamides is 1. The lowest BCUT2D eigenvalue weighted by atomic mass is 10.2. The average Bonchev–Trinajstić information content (AvgIpc) is 3.23. The van der Waals surface area contributed by atoms with E-state index in [0.29, 0.717) is 12.2 Å². The van der Waals surface area contributed by atoms with Crippen LogP contribution in [0.5, 0.6) is 0 Å². The van der Waals surface area contributed by atoms with Crippen molar-refractivity contribution in [2.24, 2.45) is 5.92 Å². The van der Waals surface area contributed by atoms with Crippen molar-refractivity contribution >= 4 is 19.9 Å². The molecule has 2 rings (SSSR count). The molecule has 8 heteroatoms. The Kier molecular flexibility index (Phi) is 5.20. The number of benzene rings is 1. The van der Waals surface area contributed by atoms with E-state index in [-0.39, 0.29) is 27.3 Å². The van der Waals surface area contributed by atoms with Crippen LogP contribution >= 0.6 is 0 Å². The molecule has 1 saturated carbocycles. The Morgan fingerprint density at radius 1 is 1.17 bits per heavy atom. The molecule has 0 spiro atoms. The monoisotopic (exact) mass is 361 g/mol. The van der Waals surface area contributed by atoms with E-state index in [1.807, 2.05) is 0 Å². The van der Waals surface area contributed by atoms with Gasteiger partial charge in [-0.05, 0) is 55.9 Å². The first-order chi connectivity index (χ1) is 10.6. The second-order valence-electron chi connectivity index (χ2n) is 6.18. The van der Waals surface area contributed by atoms with Gasteiger partial charge in [0.2, 0.25) is 10.0 Å². The summed E-state index contributed by atoms with van der Waals surface area (Å²) in [6, 6.07) is 2.71. The van der Waals surface area contributed by atoms with Gasteiger partial charge in [-0.1, -0.05) is 0 Å².